The van der Waals surface area contributed by atoms with Gasteiger partial charge >= 0.3 is 0 Å². The summed E-state index contributed by atoms with van der Waals surface area (Å²) < 4.78 is 5.61. The quantitative estimate of drug-likeness (QED) is 0.911. The first-order chi connectivity index (χ1) is 10.7. The number of aryl methyl sites for hydroxylation is 1. The highest BCUT2D eigenvalue weighted by Gasteiger charge is 2.22. The minimum absolute atomic E-state index is 0.00930. The average molecular weight is 296 g/mol. The topological polar surface area (TPSA) is 50.4 Å². The summed E-state index contributed by atoms with van der Waals surface area (Å²) in [6.07, 6.45) is 0.799. The average Bonchev–Trinajstić information content (AvgIpc) is 2.54. The Hall–Kier alpha value is -2.49. The smallest absolute Gasteiger partial charge is 0.239 e. The Morgan fingerprint density at radius 1 is 1.18 bits per heavy atom. The molecule has 1 aliphatic rings. The van der Waals surface area contributed by atoms with E-state index in [1.807, 2.05) is 55.5 Å². The van der Waals surface area contributed by atoms with Crippen molar-refractivity contribution in [2.75, 3.05) is 18.5 Å². The van der Waals surface area contributed by atoms with Gasteiger partial charge < -0.3 is 15.4 Å². The lowest BCUT2D eigenvalue weighted by Gasteiger charge is -2.26. The number of carbonyl (C=O) groups excluding carboxylic acids is 1. The van der Waals surface area contributed by atoms with Crippen LogP contribution >= 0.6 is 0 Å². The number of para-hydroxylation sites is 2. The standard InChI is InChI=1S/C18H20N2O2/c1-13-6-2-4-8-15(13)19-12-18(21)20-16-10-11-22-17-9-5-3-7-14(16)17/h2-9,16,19H,10-12H2,1H3,(H,20,21). The molecule has 2 N–H and O–H groups in total. The van der Waals surface area contributed by atoms with Crippen molar-refractivity contribution < 1.29 is 9.53 Å². The van der Waals surface area contributed by atoms with E-state index in [9.17, 15) is 4.79 Å². The van der Waals surface area contributed by atoms with Gasteiger partial charge in [0.2, 0.25) is 5.91 Å². The molecule has 2 aromatic rings. The van der Waals surface area contributed by atoms with Crippen molar-refractivity contribution in [3.05, 3.63) is 59.7 Å². The maximum absolute atomic E-state index is 12.2. The SMILES string of the molecule is Cc1ccccc1NCC(=O)NC1CCOc2ccccc21. The number of amides is 1. The molecule has 0 fully saturated rings. The monoisotopic (exact) mass is 296 g/mol. The van der Waals surface area contributed by atoms with Crippen molar-refractivity contribution >= 4 is 11.6 Å². The molecule has 0 radical (unpaired) electrons. The van der Waals surface area contributed by atoms with Crippen molar-refractivity contribution in [1.82, 2.24) is 5.32 Å². The van der Waals surface area contributed by atoms with E-state index in [4.69, 9.17) is 4.74 Å². The predicted molar refractivity (Wildman–Crippen MR) is 87.1 cm³/mol. The van der Waals surface area contributed by atoms with E-state index < -0.39 is 0 Å². The fourth-order valence-corrected chi connectivity index (χ4v) is 2.68. The zero-order valence-electron chi connectivity index (χ0n) is 12.6. The Kier molecular flexibility index (Phi) is 4.28. The molecule has 4 nitrogen and oxygen atoms in total. The number of nitrogens with one attached hydrogen (secondary N) is 2. The molecule has 1 heterocycles. The molecular formula is C18H20N2O2. The highest BCUT2D eigenvalue weighted by Crippen LogP contribution is 2.31. The number of carbonyl (C=O) groups is 1. The highest BCUT2D eigenvalue weighted by molar-refractivity contribution is 5.81. The van der Waals surface area contributed by atoms with Crippen molar-refractivity contribution in [2.24, 2.45) is 0 Å². The molecule has 0 aliphatic carbocycles. The number of hydrogen-bond donors (Lipinski definition) is 2. The van der Waals surface area contributed by atoms with Gasteiger partial charge in [0, 0.05) is 17.7 Å². The van der Waals surface area contributed by atoms with E-state index in [0.717, 1.165) is 29.0 Å². The zero-order valence-corrected chi connectivity index (χ0v) is 12.6. The van der Waals surface area contributed by atoms with Crippen LogP contribution in [0.2, 0.25) is 0 Å². The Morgan fingerprint density at radius 3 is 2.82 bits per heavy atom. The van der Waals surface area contributed by atoms with Gasteiger partial charge in [0.05, 0.1) is 19.2 Å². The largest absolute Gasteiger partial charge is 0.493 e. The van der Waals surface area contributed by atoms with Crippen LogP contribution in [0.1, 0.15) is 23.6 Å². The lowest BCUT2D eigenvalue weighted by Crippen LogP contribution is -2.35. The summed E-state index contributed by atoms with van der Waals surface area (Å²) in [7, 11) is 0. The predicted octanol–water partition coefficient (Wildman–Crippen LogP) is 3.05. The third-order valence-electron chi connectivity index (χ3n) is 3.88. The van der Waals surface area contributed by atoms with Crippen LogP contribution in [0, 0.1) is 6.92 Å². The summed E-state index contributed by atoms with van der Waals surface area (Å²) in [4.78, 5) is 12.2. The number of ether oxygens (including phenoxy) is 1. The summed E-state index contributed by atoms with van der Waals surface area (Å²) >= 11 is 0. The van der Waals surface area contributed by atoms with E-state index >= 15 is 0 Å². The van der Waals surface area contributed by atoms with Crippen LogP contribution in [-0.4, -0.2) is 19.1 Å². The summed E-state index contributed by atoms with van der Waals surface area (Å²) in [5.41, 5.74) is 3.18. The molecule has 0 spiro atoms. The van der Waals surface area contributed by atoms with Gasteiger partial charge in [-0.3, -0.25) is 4.79 Å². The second-order valence-electron chi connectivity index (χ2n) is 5.46. The second kappa shape index (κ2) is 6.52. The molecule has 0 saturated carbocycles. The molecule has 1 aliphatic heterocycles. The number of benzene rings is 2. The van der Waals surface area contributed by atoms with Gasteiger partial charge in [0.1, 0.15) is 5.75 Å². The Bertz CT molecular complexity index is 670. The van der Waals surface area contributed by atoms with Crippen molar-refractivity contribution in [2.45, 2.75) is 19.4 Å². The van der Waals surface area contributed by atoms with Gasteiger partial charge in [-0.15, -0.1) is 0 Å². The van der Waals surface area contributed by atoms with E-state index in [1.165, 1.54) is 0 Å². The van der Waals surface area contributed by atoms with Crippen LogP contribution in [0.25, 0.3) is 0 Å². The summed E-state index contributed by atoms with van der Waals surface area (Å²) in [5, 5.41) is 6.27. The Labute approximate surface area is 130 Å². The molecule has 2 aromatic carbocycles. The van der Waals surface area contributed by atoms with Crippen LogP contribution in [0.15, 0.2) is 48.5 Å². The second-order valence-corrected chi connectivity index (χ2v) is 5.46. The van der Waals surface area contributed by atoms with E-state index in [2.05, 4.69) is 10.6 Å². The molecule has 0 saturated heterocycles. The molecule has 1 unspecified atom stereocenters. The van der Waals surface area contributed by atoms with Crippen molar-refractivity contribution in [1.29, 1.82) is 0 Å². The number of rotatable bonds is 4. The molecule has 1 amide bonds. The van der Waals surface area contributed by atoms with Gasteiger partial charge in [-0.2, -0.15) is 0 Å². The minimum atomic E-state index is -0.00930. The summed E-state index contributed by atoms with van der Waals surface area (Å²) in [6, 6.07) is 15.8. The van der Waals surface area contributed by atoms with Gasteiger partial charge in [0.15, 0.2) is 0 Å². The molecule has 4 heteroatoms. The third kappa shape index (κ3) is 3.22. The molecule has 3 rings (SSSR count). The van der Waals surface area contributed by atoms with Crippen LogP contribution in [0.3, 0.4) is 0 Å². The van der Waals surface area contributed by atoms with Gasteiger partial charge in [-0.05, 0) is 24.6 Å². The third-order valence-corrected chi connectivity index (χ3v) is 3.88. The first kappa shape index (κ1) is 14.4. The van der Waals surface area contributed by atoms with Crippen LogP contribution < -0.4 is 15.4 Å². The molecule has 22 heavy (non-hydrogen) atoms. The van der Waals surface area contributed by atoms with Gasteiger partial charge in [0.25, 0.3) is 0 Å². The number of anilines is 1. The van der Waals surface area contributed by atoms with E-state index in [0.29, 0.717) is 6.61 Å². The summed E-state index contributed by atoms with van der Waals surface area (Å²) in [5.74, 6) is 0.857. The van der Waals surface area contributed by atoms with Gasteiger partial charge in [-0.25, -0.2) is 0 Å². The number of hydrogen-bond acceptors (Lipinski definition) is 3. The lowest BCUT2D eigenvalue weighted by atomic mass is 10.0. The molecular weight excluding hydrogens is 276 g/mol. The molecule has 0 bridgehead atoms. The molecule has 114 valence electrons. The zero-order chi connectivity index (χ0) is 15.4. The number of fused-ring (bicyclic) bond motifs is 1. The van der Waals surface area contributed by atoms with Crippen molar-refractivity contribution in [3.63, 3.8) is 0 Å². The minimum Gasteiger partial charge on any atom is -0.493 e. The maximum atomic E-state index is 12.2. The lowest BCUT2D eigenvalue weighted by molar-refractivity contribution is -0.120. The van der Waals surface area contributed by atoms with Crippen molar-refractivity contribution in [3.8, 4) is 5.75 Å². The van der Waals surface area contributed by atoms with Gasteiger partial charge in [-0.1, -0.05) is 36.4 Å². The van der Waals surface area contributed by atoms with Crippen LogP contribution in [-0.2, 0) is 4.79 Å². The van der Waals surface area contributed by atoms with E-state index in [1.54, 1.807) is 0 Å². The fraction of sp³-hybridized carbons (Fsp3) is 0.278. The van der Waals surface area contributed by atoms with E-state index in [-0.39, 0.29) is 18.5 Å². The highest BCUT2D eigenvalue weighted by atomic mass is 16.5. The first-order valence-corrected chi connectivity index (χ1v) is 7.54. The fourth-order valence-electron chi connectivity index (χ4n) is 2.68. The molecule has 1 atom stereocenters. The van der Waals surface area contributed by atoms with Crippen LogP contribution in [0.5, 0.6) is 5.75 Å². The normalized spacial score (nSPS) is 16.3. The summed E-state index contributed by atoms with van der Waals surface area (Å²) in [6.45, 7) is 2.92. The van der Waals surface area contributed by atoms with Crippen LogP contribution in [0.4, 0.5) is 5.69 Å². The maximum Gasteiger partial charge on any atom is 0.239 e. The Balaban J connectivity index is 1.60. The first-order valence-electron chi connectivity index (χ1n) is 7.54. The molecule has 0 aromatic heterocycles. The Morgan fingerprint density at radius 2 is 1.95 bits per heavy atom.